The van der Waals surface area contributed by atoms with E-state index in [1.165, 1.54) is 18.4 Å². The van der Waals surface area contributed by atoms with Crippen molar-refractivity contribution in [2.24, 2.45) is 5.92 Å². The van der Waals surface area contributed by atoms with Crippen molar-refractivity contribution in [3.63, 3.8) is 0 Å². The molecule has 3 rings (SSSR count). The monoisotopic (exact) mass is 286 g/mol. The Morgan fingerprint density at radius 1 is 1.33 bits per heavy atom. The van der Waals surface area contributed by atoms with E-state index in [0.29, 0.717) is 6.61 Å². The number of hydrogen-bond acceptors (Lipinski definition) is 4. The first-order chi connectivity index (χ1) is 10.4. The molecule has 2 aromatic rings. The van der Waals surface area contributed by atoms with Crippen LogP contribution >= 0.6 is 0 Å². The van der Waals surface area contributed by atoms with Crippen LogP contribution in [-0.2, 0) is 17.7 Å². The molecule has 1 aliphatic rings. The molecule has 1 N–H and O–H groups in total. The summed E-state index contributed by atoms with van der Waals surface area (Å²) in [5, 5.41) is 11.9. The van der Waals surface area contributed by atoms with Crippen molar-refractivity contribution >= 4 is 0 Å². The molecule has 1 aromatic heterocycles. The summed E-state index contributed by atoms with van der Waals surface area (Å²) in [6.07, 6.45) is 5.62. The maximum absolute atomic E-state index is 5.17. The van der Waals surface area contributed by atoms with Crippen LogP contribution in [0, 0.1) is 5.92 Å². The third-order valence-electron chi connectivity index (χ3n) is 3.79. The van der Waals surface area contributed by atoms with Gasteiger partial charge in [-0.1, -0.05) is 23.4 Å². The van der Waals surface area contributed by atoms with E-state index in [4.69, 9.17) is 4.74 Å². The predicted molar refractivity (Wildman–Crippen MR) is 81.4 cm³/mol. The number of nitrogens with one attached hydrogen (secondary N) is 1. The molecule has 5 heteroatoms. The van der Waals surface area contributed by atoms with Gasteiger partial charge in [-0.2, -0.15) is 0 Å². The van der Waals surface area contributed by atoms with Crippen LogP contribution in [0.5, 0.6) is 0 Å². The van der Waals surface area contributed by atoms with Crippen molar-refractivity contribution in [2.45, 2.75) is 25.8 Å². The van der Waals surface area contributed by atoms with E-state index in [9.17, 15) is 0 Å². The molecule has 0 unspecified atom stereocenters. The van der Waals surface area contributed by atoms with Crippen molar-refractivity contribution < 1.29 is 4.74 Å². The van der Waals surface area contributed by atoms with Crippen LogP contribution in [0.15, 0.2) is 30.5 Å². The summed E-state index contributed by atoms with van der Waals surface area (Å²) in [5.41, 5.74) is 3.29. The van der Waals surface area contributed by atoms with Crippen molar-refractivity contribution in [2.75, 3.05) is 20.3 Å². The smallest absolute Gasteiger partial charge is 0.0969 e. The summed E-state index contributed by atoms with van der Waals surface area (Å²) >= 11 is 0. The zero-order valence-electron chi connectivity index (χ0n) is 12.5. The van der Waals surface area contributed by atoms with Crippen molar-refractivity contribution in [1.82, 2.24) is 20.3 Å². The lowest BCUT2D eigenvalue weighted by Crippen LogP contribution is -2.16. The molecule has 1 heterocycles. The molecule has 112 valence electrons. The zero-order valence-corrected chi connectivity index (χ0v) is 12.5. The Hall–Kier alpha value is -1.72. The predicted octanol–water partition coefficient (Wildman–Crippen LogP) is 1.96. The zero-order chi connectivity index (χ0) is 14.5. The second kappa shape index (κ2) is 6.83. The van der Waals surface area contributed by atoms with Crippen LogP contribution in [0.2, 0.25) is 0 Å². The van der Waals surface area contributed by atoms with Gasteiger partial charge in [0.15, 0.2) is 0 Å². The highest BCUT2D eigenvalue weighted by Crippen LogP contribution is 2.27. The van der Waals surface area contributed by atoms with E-state index >= 15 is 0 Å². The molecule has 0 aliphatic heterocycles. The van der Waals surface area contributed by atoms with Crippen LogP contribution in [0.25, 0.3) is 5.69 Å². The average molecular weight is 286 g/mol. The first kappa shape index (κ1) is 14.2. The molecule has 0 spiro atoms. The highest BCUT2D eigenvalue weighted by molar-refractivity contribution is 5.40. The third-order valence-corrected chi connectivity index (χ3v) is 3.79. The van der Waals surface area contributed by atoms with Gasteiger partial charge in [0.25, 0.3) is 0 Å². The first-order valence-electron chi connectivity index (χ1n) is 7.56. The molecule has 0 amide bonds. The molecular weight excluding hydrogens is 264 g/mol. The quantitative estimate of drug-likeness (QED) is 0.806. The molecule has 21 heavy (non-hydrogen) atoms. The average Bonchev–Trinajstić information content (AvgIpc) is 3.22. The minimum absolute atomic E-state index is 0.710. The Morgan fingerprint density at radius 3 is 3.00 bits per heavy atom. The van der Waals surface area contributed by atoms with Crippen LogP contribution in [-0.4, -0.2) is 35.3 Å². The molecule has 1 fully saturated rings. The van der Waals surface area contributed by atoms with Crippen molar-refractivity contribution in [3.8, 4) is 5.69 Å². The van der Waals surface area contributed by atoms with E-state index in [0.717, 1.165) is 36.8 Å². The first-order valence-corrected chi connectivity index (χ1v) is 7.56. The van der Waals surface area contributed by atoms with E-state index in [-0.39, 0.29) is 0 Å². The number of benzene rings is 1. The summed E-state index contributed by atoms with van der Waals surface area (Å²) in [5.74, 6) is 0.884. The molecule has 1 aliphatic carbocycles. The van der Waals surface area contributed by atoms with Gasteiger partial charge in [0.05, 0.1) is 24.2 Å². The summed E-state index contributed by atoms with van der Waals surface area (Å²) in [7, 11) is 1.72. The van der Waals surface area contributed by atoms with Gasteiger partial charge in [-0.15, -0.1) is 5.10 Å². The normalized spacial score (nSPS) is 14.5. The van der Waals surface area contributed by atoms with Crippen LogP contribution in [0.3, 0.4) is 0 Å². The van der Waals surface area contributed by atoms with E-state index in [2.05, 4.69) is 27.8 Å². The fourth-order valence-corrected chi connectivity index (χ4v) is 2.38. The maximum atomic E-state index is 5.17. The summed E-state index contributed by atoms with van der Waals surface area (Å²) in [6.45, 7) is 2.59. The Labute approximate surface area is 125 Å². The molecule has 5 nitrogen and oxygen atoms in total. The molecule has 1 aromatic carbocycles. The SMILES string of the molecule is COCCc1ccccc1-n1cc(CNCC2CC2)nn1. The largest absolute Gasteiger partial charge is 0.384 e. The Morgan fingerprint density at radius 2 is 2.19 bits per heavy atom. The third kappa shape index (κ3) is 3.89. The molecule has 0 bridgehead atoms. The molecule has 0 radical (unpaired) electrons. The minimum atomic E-state index is 0.710. The van der Waals surface area contributed by atoms with Crippen LogP contribution < -0.4 is 5.32 Å². The highest BCUT2D eigenvalue weighted by Gasteiger charge is 2.20. The van der Waals surface area contributed by atoms with Crippen LogP contribution in [0.4, 0.5) is 0 Å². The fourth-order valence-electron chi connectivity index (χ4n) is 2.38. The second-order valence-electron chi connectivity index (χ2n) is 5.60. The number of aromatic nitrogens is 3. The number of nitrogens with zero attached hydrogens (tertiary/aromatic N) is 3. The van der Waals surface area contributed by atoms with Gasteiger partial charge in [0.2, 0.25) is 0 Å². The Kier molecular flexibility index (Phi) is 4.62. The molecular formula is C16H22N4O. The maximum Gasteiger partial charge on any atom is 0.0969 e. The van der Waals surface area contributed by atoms with Gasteiger partial charge in [0, 0.05) is 13.7 Å². The van der Waals surface area contributed by atoms with Crippen LogP contribution in [0.1, 0.15) is 24.1 Å². The standard InChI is InChI=1S/C16H22N4O/c1-21-9-8-14-4-2-3-5-16(14)20-12-15(18-19-20)11-17-10-13-6-7-13/h2-5,12-13,17H,6-11H2,1H3. The lowest BCUT2D eigenvalue weighted by atomic mass is 10.1. The minimum Gasteiger partial charge on any atom is -0.384 e. The number of para-hydroxylation sites is 1. The summed E-state index contributed by atoms with van der Waals surface area (Å²) in [4.78, 5) is 0. The molecule has 0 atom stereocenters. The Balaban J connectivity index is 1.66. The lowest BCUT2D eigenvalue weighted by Gasteiger charge is -2.08. The molecule has 0 saturated heterocycles. The summed E-state index contributed by atoms with van der Waals surface area (Å²) in [6, 6.07) is 8.25. The number of ether oxygens (including phenoxy) is 1. The number of rotatable bonds is 8. The molecule has 1 saturated carbocycles. The topological polar surface area (TPSA) is 52.0 Å². The summed E-state index contributed by atoms with van der Waals surface area (Å²) < 4.78 is 7.03. The van der Waals surface area contributed by atoms with Gasteiger partial charge in [-0.3, -0.25) is 0 Å². The van der Waals surface area contributed by atoms with Gasteiger partial charge < -0.3 is 10.1 Å². The second-order valence-corrected chi connectivity index (χ2v) is 5.60. The highest BCUT2D eigenvalue weighted by atomic mass is 16.5. The Bertz CT molecular complexity index is 577. The lowest BCUT2D eigenvalue weighted by molar-refractivity contribution is 0.202. The van der Waals surface area contributed by atoms with E-state index in [1.54, 1.807) is 7.11 Å². The van der Waals surface area contributed by atoms with E-state index < -0.39 is 0 Å². The van der Waals surface area contributed by atoms with Gasteiger partial charge in [-0.25, -0.2) is 4.68 Å². The van der Waals surface area contributed by atoms with Gasteiger partial charge in [0.1, 0.15) is 0 Å². The number of methoxy groups -OCH3 is 1. The number of hydrogen-bond donors (Lipinski definition) is 1. The van der Waals surface area contributed by atoms with Gasteiger partial charge >= 0.3 is 0 Å². The van der Waals surface area contributed by atoms with Crippen molar-refractivity contribution in [1.29, 1.82) is 0 Å². The fraction of sp³-hybridized carbons (Fsp3) is 0.500. The van der Waals surface area contributed by atoms with Gasteiger partial charge in [-0.05, 0) is 43.4 Å². The van der Waals surface area contributed by atoms with E-state index in [1.807, 2.05) is 23.0 Å². The van der Waals surface area contributed by atoms with Crippen molar-refractivity contribution in [3.05, 3.63) is 41.7 Å².